The van der Waals surface area contributed by atoms with Gasteiger partial charge < -0.3 is 10.4 Å². The Kier molecular flexibility index (Phi) is 7.27. The number of hydrogen-bond acceptors (Lipinski definition) is 4. The Labute approximate surface area is 125 Å². The van der Waals surface area contributed by atoms with Gasteiger partial charge in [0.05, 0.1) is 16.5 Å². The topological polar surface area (TPSA) is 66.4 Å². The van der Waals surface area contributed by atoms with E-state index in [0.717, 1.165) is 15.0 Å². The molecular weight excluding hydrogens is 306 g/mol. The molecule has 1 aromatic heterocycles. The first-order chi connectivity index (χ1) is 9.01. The molecule has 1 rings (SSSR count). The van der Waals surface area contributed by atoms with Crippen molar-refractivity contribution in [1.29, 1.82) is 0 Å². The van der Waals surface area contributed by atoms with Crippen LogP contribution in [0.1, 0.15) is 24.6 Å². The van der Waals surface area contributed by atoms with E-state index in [4.69, 9.17) is 16.7 Å². The number of carbonyl (C=O) groups is 2. The zero-order chi connectivity index (χ0) is 14.3. The molecule has 1 unspecified atom stereocenters. The van der Waals surface area contributed by atoms with Crippen LogP contribution in [-0.2, 0) is 15.3 Å². The van der Waals surface area contributed by atoms with Crippen LogP contribution in [-0.4, -0.2) is 28.8 Å². The smallest absolute Gasteiger partial charge is 0.305 e. The molecule has 0 aliphatic heterocycles. The summed E-state index contributed by atoms with van der Waals surface area (Å²) in [5, 5.41) is 11.4. The van der Waals surface area contributed by atoms with Gasteiger partial charge in [0.2, 0.25) is 5.91 Å². The van der Waals surface area contributed by atoms with E-state index in [1.54, 1.807) is 0 Å². The quantitative estimate of drug-likeness (QED) is 0.772. The van der Waals surface area contributed by atoms with Crippen molar-refractivity contribution in [3.8, 4) is 0 Å². The number of carboxylic acids is 1. The summed E-state index contributed by atoms with van der Waals surface area (Å²) < 4.78 is 0.743. The summed E-state index contributed by atoms with van der Waals surface area (Å²) in [5.41, 5.74) is 0. The molecule has 1 atom stereocenters. The van der Waals surface area contributed by atoms with E-state index >= 15 is 0 Å². The Morgan fingerprint density at radius 1 is 1.53 bits per heavy atom. The average Bonchev–Trinajstić information content (AvgIpc) is 2.73. The van der Waals surface area contributed by atoms with Gasteiger partial charge in [-0.15, -0.1) is 23.1 Å². The Morgan fingerprint density at radius 2 is 2.26 bits per heavy atom. The summed E-state index contributed by atoms with van der Waals surface area (Å²) in [4.78, 5) is 23.4. The van der Waals surface area contributed by atoms with Gasteiger partial charge in [-0.3, -0.25) is 9.59 Å². The molecule has 0 aliphatic rings. The maximum absolute atomic E-state index is 11.6. The van der Waals surface area contributed by atoms with Crippen LogP contribution in [0.5, 0.6) is 0 Å². The third-order valence-corrected chi connectivity index (χ3v) is 4.78. The van der Waals surface area contributed by atoms with Crippen LogP contribution >= 0.6 is 34.7 Å². The lowest BCUT2D eigenvalue weighted by molar-refractivity contribution is -0.137. The number of halogens is 1. The largest absolute Gasteiger partial charge is 0.481 e. The molecule has 19 heavy (non-hydrogen) atoms. The van der Waals surface area contributed by atoms with Gasteiger partial charge in [-0.05, 0) is 18.6 Å². The van der Waals surface area contributed by atoms with Crippen molar-refractivity contribution in [2.45, 2.75) is 31.6 Å². The fourth-order valence-electron chi connectivity index (χ4n) is 1.45. The van der Waals surface area contributed by atoms with Crippen LogP contribution in [0, 0.1) is 0 Å². The van der Waals surface area contributed by atoms with E-state index in [1.165, 1.54) is 23.1 Å². The number of thiophene rings is 1. The molecule has 0 radical (unpaired) electrons. The van der Waals surface area contributed by atoms with Crippen molar-refractivity contribution in [1.82, 2.24) is 5.32 Å². The van der Waals surface area contributed by atoms with Gasteiger partial charge in [0, 0.05) is 16.7 Å². The van der Waals surface area contributed by atoms with Crippen molar-refractivity contribution in [3.05, 3.63) is 21.3 Å². The number of amides is 1. The molecule has 1 aromatic rings. The predicted octanol–water partition coefficient (Wildman–Crippen LogP) is 3.00. The third kappa shape index (κ3) is 6.84. The van der Waals surface area contributed by atoms with Gasteiger partial charge in [-0.25, -0.2) is 0 Å². The number of nitrogens with one attached hydrogen (secondary N) is 1. The number of rotatable bonds is 8. The normalized spacial score (nSPS) is 12.1. The minimum Gasteiger partial charge on any atom is -0.481 e. The monoisotopic (exact) mass is 321 g/mol. The summed E-state index contributed by atoms with van der Waals surface area (Å²) in [6, 6.07) is 3.49. The first kappa shape index (κ1) is 16.3. The molecule has 0 saturated heterocycles. The predicted molar refractivity (Wildman–Crippen MR) is 80.0 cm³/mol. The molecule has 0 bridgehead atoms. The highest BCUT2D eigenvalue weighted by Gasteiger charge is 2.13. The standard InChI is InChI=1S/C12H16ClNO3S2/c1-2-8(5-12(16)17)14-11(15)7-18-6-9-3-4-10(13)19-9/h3-4,8H,2,5-7H2,1H3,(H,14,15)(H,16,17). The van der Waals surface area contributed by atoms with Gasteiger partial charge in [0.1, 0.15) is 0 Å². The lowest BCUT2D eigenvalue weighted by Gasteiger charge is -2.14. The van der Waals surface area contributed by atoms with Crippen LogP contribution in [0.15, 0.2) is 12.1 Å². The van der Waals surface area contributed by atoms with Crippen molar-refractivity contribution in [2.24, 2.45) is 0 Å². The van der Waals surface area contributed by atoms with Gasteiger partial charge >= 0.3 is 5.97 Å². The van der Waals surface area contributed by atoms with E-state index in [2.05, 4.69) is 5.32 Å². The number of aliphatic carboxylic acids is 1. The Morgan fingerprint density at radius 3 is 2.79 bits per heavy atom. The van der Waals surface area contributed by atoms with E-state index < -0.39 is 5.97 Å². The lowest BCUT2D eigenvalue weighted by Crippen LogP contribution is -2.37. The lowest BCUT2D eigenvalue weighted by atomic mass is 10.1. The zero-order valence-electron chi connectivity index (χ0n) is 10.5. The number of carboxylic acid groups (broad SMARTS) is 1. The van der Waals surface area contributed by atoms with Crippen molar-refractivity contribution >= 4 is 46.6 Å². The first-order valence-electron chi connectivity index (χ1n) is 5.84. The summed E-state index contributed by atoms with van der Waals surface area (Å²) >= 11 is 8.81. The molecule has 0 aliphatic carbocycles. The second kappa shape index (κ2) is 8.45. The van der Waals surface area contributed by atoms with E-state index in [-0.39, 0.29) is 18.4 Å². The van der Waals surface area contributed by atoms with E-state index in [0.29, 0.717) is 12.2 Å². The summed E-state index contributed by atoms with van der Waals surface area (Å²) in [6.07, 6.45) is 0.580. The molecule has 0 saturated carbocycles. The first-order valence-corrected chi connectivity index (χ1v) is 8.19. The van der Waals surface area contributed by atoms with E-state index in [9.17, 15) is 9.59 Å². The Balaban J connectivity index is 2.25. The molecular formula is C12H16ClNO3S2. The van der Waals surface area contributed by atoms with Gasteiger partial charge in [-0.2, -0.15) is 0 Å². The summed E-state index contributed by atoms with van der Waals surface area (Å²) in [7, 11) is 0. The fraction of sp³-hybridized carbons (Fsp3) is 0.500. The zero-order valence-corrected chi connectivity index (χ0v) is 12.9. The number of thioether (sulfide) groups is 1. The summed E-state index contributed by atoms with van der Waals surface area (Å²) in [5.74, 6) is 0.0420. The maximum Gasteiger partial charge on any atom is 0.305 e. The van der Waals surface area contributed by atoms with Crippen LogP contribution in [0.2, 0.25) is 4.34 Å². The molecule has 0 aromatic carbocycles. The van der Waals surface area contributed by atoms with Crippen LogP contribution in [0.3, 0.4) is 0 Å². The Bertz CT molecular complexity index is 436. The highest BCUT2D eigenvalue weighted by Crippen LogP contribution is 2.24. The van der Waals surface area contributed by atoms with Gasteiger partial charge in [0.25, 0.3) is 0 Å². The third-order valence-electron chi connectivity index (χ3n) is 2.39. The SMILES string of the molecule is CCC(CC(=O)O)NC(=O)CSCc1ccc(Cl)s1. The molecule has 106 valence electrons. The molecule has 2 N–H and O–H groups in total. The highest BCUT2D eigenvalue weighted by atomic mass is 35.5. The molecule has 0 fully saturated rings. The molecule has 0 spiro atoms. The molecule has 1 amide bonds. The van der Waals surface area contributed by atoms with Crippen LogP contribution < -0.4 is 5.32 Å². The van der Waals surface area contributed by atoms with E-state index in [1.807, 2.05) is 19.1 Å². The second-order valence-electron chi connectivity index (χ2n) is 3.97. The van der Waals surface area contributed by atoms with Crippen LogP contribution in [0.4, 0.5) is 0 Å². The summed E-state index contributed by atoms with van der Waals surface area (Å²) in [6.45, 7) is 1.86. The van der Waals surface area contributed by atoms with Crippen LogP contribution in [0.25, 0.3) is 0 Å². The fourth-order valence-corrected chi connectivity index (χ4v) is 3.49. The van der Waals surface area contributed by atoms with Crippen molar-refractivity contribution in [3.63, 3.8) is 0 Å². The molecule has 1 heterocycles. The van der Waals surface area contributed by atoms with Crippen molar-refractivity contribution < 1.29 is 14.7 Å². The van der Waals surface area contributed by atoms with Gasteiger partial charge in [-0.1, -0.05) is 18.5 Å². The highest BCUT2D eigenvalue weighted by molar-refractivity contribution is 7.99. The van der Waals surface area contributed by atoms with Gasteiger partial charge in [0.15, 0.2) is 0 Å². The minimum atomic E-state index is -0.895. The maximum atomic E-state index is 11.6. The number of hydrogen-bond donors (Lipinski definition) is 2. The van der Waals surface area contributed by atoms with Crippen molar-refractivity contribution in [2.75, 3.05) is 5.75 Å². The second-order valence-corrected chi connectivity index (χ2v) is 6.75. The minimum absolute atomic E-state index is 0.0343. The Hall–Kier alpha value is -0.720. The molecule has 7 heteroatoms. The number of carbonyl (C=O) groups excluding carboxylic acids is 1. The average molecular weight is 322 g/mol. The molecule has 4 nitrogen and oxygen atoms in total.